The van der Waals surface area contributed by atoms with Crippen LogP contribution in [0.15, 0.2) is 255 Å². The Bertz CT molecular complexity index is 3480. The first-order chi connectivity index (χ1) is 31.3. The quantitative estimate of drug-likeness (QED) is 0.107. The Morgan fingerprint density at radius 1 is 0.254 bits per heavy atom. The molecule has 0 N–H and O–H groups in total. The van der Waals surface area contributed by atoms with Crippen LogP contribution in [-0.2, 0) is 0 Å². The van der Waals surface area contributed by atoms with E-state index in [1.165, 1.54) is 86.6 Å². The van der Waals surface area contributed by atoms with Gasteiger partial charge in [0.05, 0.1) is 27.8 Å². The van der Waals surface area contributed by atoms with Crippen LogP contribution in [0.1, 0.15) is 0 Å². The highest BCUT2D eigenvalue weighted by atomic mass is 28.3. The lowest BCUT2D eigenvalue weighted by Crippen LogP contribution is -2.74. The first kappa shape index (κ1) is 36.8. The van der Waals surface area contributed by atoms with Gasteiger partial charge in [-0.2, -0.15) is 0 Å². The third-order valence-corrected chi connectivity index (χ3v) is 17.8. The summed E-state index contributed by atoms with van der Waals surface area (Å²) in [4.78, 5) is 0. The summed E-state index contributed by atoms with van der Waals surface area (Å²) in [7, 11) is -2.85. The number of hydrogen-bond acceptors (Lipinski definition) is 0. The minimum atomic E-state index is -2.85. The van der Waals surface area contributed by atoms with E-state index in [1.807, 2.05) is 0 Å². The fraction of sp³-hybridized carbons (Fsp3) is 0. The number of aromatic nitrogens is 2. The molecule has 3 heteroatoms. The normalized spacial score (nSPS) is 11.8. The highest BCUT2D eigenvalue weighted by Crippen LogP contribution is 2.41. The largest absolute Gasteiger partial charge is 0.307 e. The van der Waals surface area contributed by atoms with Crippen LogP contribution in [-0.4, -0.2) is 17.2 Å². The molecule has 0 spiro atoms. The van der Waals surface area contributed by atoms with Crippen molar-refractivity contribution in [1.82, 2.24) is 9.13 Å². The molecule has 10 aromatic carbocycles. The molecule has 0 amide bonds. The summed E-state index contributed by atoms with van der Waals surface area (Å²) in [5.74, 6) is 0. The Morgan fingerprint density at radius 3 is 1.35 bits per heavy atom. The third-order valence-electron chi connectivity index (χ3n) is 13.1. The van der Waals surface area contributed by atoms with Gasteiger partial charge in [-0.3, -0.25) is 0 Å². The molecule has 0 aliphatic rings. The number of hydrogen-bond donors (Lipinski definition) is 0. The minimum Gasteiger partial charge on any atom is -0.307 e. The molecule has 2 nitrogen and oxygen atoms in total. The molecule has 0 atom stereocenters. The molecule has 2 heterocycles. The standard InChI is InChI=1S/C60H42N2Si/c1-6-19-43(20-7-1)45-33-36-47(37-34-45)61-56-31-17-16-29-52(56)54-30-18-32-58(60(54)61)62-57-40-35-46(44-21-8-2-9-22-44)41-55(57)53-39-38-51(42-59(53)62)63(48-23-10-3-11-24-48,49-25-12-4-13-26-49)50-27-14-5-15-28-50/h1-42H. The zero-order valence-corrected chi connectivity index (χ0v) is 35.6. The van der Waals surface area contributed by atoms with E-state index in [4.69, 9.17) is 0 Å². The monoisotopic (exact) mass is 818 g/mol. The summed E-state index contributed by atoms with van der Waals surface area (Å²) >= 11 is 0. The van der Waals surface area contributed by atoms with Gasteiger partial charge in [0.25, 0.3) is 0 Å². The predicted octanol–water partition coefficient (Wildman–Crippen LogP) is 12.6. The van der Waals surface area contributed by atoms with Gasteiger partial charge in [0.2, 0.25) is 0 Å². The zero-order chi connectivity index (χ0) is 41.7. The molecule has 2 aromatic heterocycles. The summed E-state index contributed by atoms with van der Waals surface area (Å²) in [5.41, 5.74) is 11.8. The summed E-state index contributed by atoms with van der Waals surface area (Å²) < 4.78 is 5.03. The van der Waals surface area contributed by atoms with E-state index in [2.05, 4.69) is 264 Å². The second-order valence-corrected chi connectivity index (χ2v) is 20.3. The first-order valence-electron chi connectivity index (χ1n) is 21.8. The average molecular weight is 819 g/mol. The van der Waals surface area contributed by atoms with Gasteiger partial charge >= 0.3 is 0 Å². The Balaban J connectivity index is 1.19. The van der Waals surface area contributed by atoms with Crippen molar-refractivity contribution in [3.05, 3.63) is 255 Å². The maximum absolute atomic E-state index is 2.85. The second kappa shape index (κ2) is 15.2. The fourth-order valence-corrected chi connectivity index (χ4v) is 15.0. The lowest BCUT2D eigenvalue weighted by Gasteiger charge is -2.34. The van der Waals surface area contributed by atoms with Crippen LogP contribution in [0, 0.1) is 0 Å². The van der Waals surface area contributed by atoms with Crippen molar-refractivity contribution >= 4 is 72.4 Å². The fourth-order valence-electron chi connectivity index (χ4n) is 10.3. The highest BCUT2D eigenvalue weighted by molar-refractivity contribution is 7.20. The van der Waals surface area contributed by atoms with Crippen molar-refractivity contribution in [2.24, 2.45) is 0 Å². The van der Waals surface area contributed by atoms with E-state index < -0.39 is 8.07 Å². The molecule has 296 valence electrons. The number of rotatable bonds is 8. The van der Waals surface area contributed by atoms with E-state index in [9.17, 15) is 0 Å². The number of para-hydroxylation sites is 2. The summed E-state index contributed by atoms with van der Waals surface area (Å²) in [6, 6.07) is 94.3. The van der Waals surface area contributed by atoms with Gasteiger partial charge in [-0.25, -0.2) is 0 Å². The smallest absolute Gasteiger partial charge is 0.179 e. The minimum absolute atomic E-state index is 1.13. The van der Waals surface area contributed by atoms with Gasteiger partial charge in [-0.1, -0.05) is 212 Å². The summed E-state index contributed by atoms with van der Waals surface area (Å²) in [6.07, 6.45) is 0. The first-order valence-corrected chi connectivity index (χ1v) is 23.8. The molecule has 0 fully saturated rings. The second-order valence-electron chi connectivity index (χ2n) is 16.5. The molecule has 63 heavy (non-hydrogen) atoms. The van der Waals surface area contributed by atoms with E-state index in [1.54, 1.807) is 0 Å². The molecular formula is C60H42N2Si. The van der Waals surface area contributed by atoms with E-state index in [0.29, 0.717) is 0 Å². The van der Waals surface area contributed by atoms with Gasteiger partial charge < -0.3 is 9.13 Å². The number of fused-ring (bicyclic) bond motifs is 6. The molecule has 0 aliphatic heterocycles. The van der Waals surface area contributed by atoms with Gasteiger partial charge in [-0.05, 0) is 85.5 Å². The molecule has 0 saturated heterocycles. The van der Waals surface area contributed by atoms with E-state index >= 15 is 0 Å². The van der Waals surface area contributed by atoms with Crippen LogP contribution in [0.25, 0.3) is 77.2 Å². The Labute approximate surface area is 368 Å². The van der Waals surface area contributed by atoms with Crippen LogP contribution in [0.3, 0.4) is 0 Å². The molecule has 0 bridgehead atoms. The predicted molar refractivity (Wildman–Crippen MR) is 270 cm³/mol. The zero-order valence-electron chi connectivity index (χ0n) is 34.6. The Kier molecular flexibility index (Phi) is 8.87. The van der Waals surface area contributed by atoms with Gasteiger partial charge in [0.1, 0.15) is 0 Å². The summed E-state index contributed by atoms with van der Waals surface area (Å²) in [5, 5.41) is 10.3. The van der Waals surface area contributed by atoms with Gasteiger partial charge in [0, 0.05) is 27.2 Å². The molecule has 0 aliphatic carbocycles. The van der Waals surface area contributed by atoms with Crippen molar-refractivity contribution in [3.63, 3.8) is 0 Å². The molecule has 0 radical (unpaired) electrons. The average Bonchev–Trinajstić information content (AvgIpc) is 3.88. The van der Waals surface area contributed by atoms with Crippen LogP contribution < -0.4 is 20.7 Å². The number of nitrogens with zero attached hydrogens (tertiary/aromatic N) is 2. The maximum Gasteiger partial charge on any atom is 0.179 e. The third kappa shape index (κ3) is 5.93. The van der Waals surface area contributed by atoms with Crippen LogP contribution in [0.5, 0.6) is 0 Å². The SMILES string of the molecule is c1ccc(-c2ccc(-n3c4ccccc4c4cccc(-n5c6ccc(-c7ccccc7)cc6c6ccc([Si](c7ccccc7)(c7ccccc7)c7ccccc7)cc65)c43)cc2)cc1. The summed E-state index contributed by atoms with van der Waals surface area (Å²) in [6.45, 7) is 0. The Hall–Kier alpha value is -7.98. The van der Waals surface area contributed by atoms with Crippen LogP contribution in [0.2, 0.25) is 0 Å². The van der Waals surface area contributed by atoms with Crippen molar-refractivity contribution in [2.45, 2.75) is 0 Å². The van der Waals surface area contributed by atoms with Gasteiger partial charge in [0.15, 0.2) is 8.07 Å². The molecular weight excluding hydrogens is 777 g/mol. The Morgan fingerprint density at radius 2 is 0.730 bits per heavy atom. The maximum atomic E-state index is 2.55. The van der Waals surface area contributed by atoms with Crippen LogP contribution >= 0.6 is 0 Å². The highest BCUT2D eigenvalue weighted by Gasteiger charge is 2.41. The molecule has 12 rings (SSSR count). The topological polar surface area (TPSA) is 9.86 Å². The molecule has 12 aromatic rings. The van der Waals surface area contributed by atoms with Gasteiger partial charge in [-0.15, -0.1) is 0 Å². The number of benzene rings is 10. The lowest BCUT2D eigenvalue weighted by molar-refractivity contribution is 1.13. The van der Waals surface area contributed by atoms with E-state index in [0.717, 1.165) is 11.4 Å². The van der Waals surface area contributed by atoms with Crippen molar-refractivity contribution in [2.75, 3.05) is 0 Å². The molecule has 0 saturated carbocycles. The van der Waals surface area contributed by atoms with E-state index in [-0.39, 0.29) is 0 Å². The van der Waals surface area contributed by atoms with Crippen molar-refractivity contribution < 1.29 is 0 Å². The van der Waals surface area contributed by atoms with Crippen LogP contribution in [0.4, 0.5) is 0 Å². The molecule has 0 unspecified atom stereocenters. The van der Waals surface area contributed by atoms with Crippen molar-refractivity contribution in [3.8, 4) is 33.6 Å². The lowest BCUT2D eigenvalue weighted by atomic mass is 10.0. The van der Waals surface area contributed by atoms with Crippen molar-refractivity contribution in [1.29, 1.82) is 0 Å².